The van der Waals surface area contributed by atoms with Gasteiger partial charge in [0.1, 0.15) is 0 Å². The Morgan fingerprint density at radius 2 is 1.72 bits per heavy atom. The molecule has 3 N–H and O–H groups in total. The standard InChI is InChI=1S/C14H20N2O2/c1-8-5-9(2)13(10(3)6-8)16-14(18)11(4)7-12(15)17/h5-6,11H,7H2,1-4H3,(H2,15,17)(H,16,18). The van der Waals surface area contributed by atoms with E-state index < -0.39 is 11.8 Å². The van der Waals surface area contributed by atoms with Gasteiger partial charge in [0.25, 0.3) is 0 Å². The number of benzene rings is 1. The Hall–Kier alpha value is -1.84. The van der Waals surface area contributed by atoms with Gasteiger partial charge in [0, 0.05) is 18.0 Å². The zero-order valence-electron chi connectivity index (χ0n) is 11.3. The second-order valence-electron chi connectivity index (χ2n) is 4.83. The van der Waals surface area contributed by atoms with E-state index in [9.17, 15) is 9.59 Å². The van der Waals surface area contributed by atoms with Gasteiger partial charge in [-0.15, -0.1) is 0 Å². The lowest BCUT2D eigenvalue weighted by atomic mass is 10.0. The van der Waals surface area contributed by atoms with E-state index in [1.165, 1.54) is 0 Å². The highest BCUT2D eigenvalue weighted by atomic mass is 16.2. The number of carbonyl (C=O) groups excluding carboxylic acids is 2. The molecule has 0 fully saturated rings. The average molecular weight is 248 g/mol. The molecular formula is C14H20N2O2. The lowest BCUT2D eigenvalue weighted by Gasteiger charge is -2.15. The third-order valence-electron chi connectivity index (χ3n) is 2.88. The highest BCUT2D eigenvalue weighted by Crippen LogP contribution is 2.22. The first kappa shape index (κ1) is 14.2. The molecule has 4 heteroatoms. The van der Waals surface area contributed by atoms with Crippen LogP contribution in [0.15, 0.2) is 12.1 Å². The molecule has 0 heterocycles. The topological polar surface area (TPSA) is 72.2 Å². The van der Waals surface area contributed by atoms with Crippen molar-refractivity contribution in [2.24, 2.45) is 11.7 Å². The third kappa shape index (κ3) is 3.58. The second kappa shape index (κ2) is 5.67. The van der Waals surface area contributed by atoms with Crippen LogP contribution >= 0.6 is 0 Å². The number of anilines is 1. The summed E-state index contributed by atoms with van der Waals surface area (Å²) in [5.74, 6) is -1.05. The fourth-order valence-electron chi connectivity index (χ4n) is 2.02. The Morgan fingerprint density at radius 3 is 2.17 bits per heavy atom. The molecule has 1 atom stereocenters. The van der Waals surface area contributed by atoms with E-state index >= 15 is 0 Å². The summed E-state index contributed by atoms with van der Waals surface area (Å²) in [6.07, 6.45) is 0.0653. The molecule has 0 radical (unpaired) electrons. The molecular weight excluding hydrogens is 228 g/mol. The minimum absolute atomic E-state index is 0.0653. The summed E-state index contributed by atoms with van der Waals surface area (Å²) in [5.41, 5.74) is 9.11. The van der Waals surface area contributed by atoms with Crippen LogP contribution in [0.3, 0.4) is 0 Å². The quantitative estimate of drug-likeness (QED) is 0.856. The number of rotatable bonds is 4. The van der Waals surface area contributed by atoms with Crippen LogP contribution in [0.25, 0.3) is 0 Å². The predicted molar refractivity (Wildman–Crippen MR) is 72.3 cm³/mol. The molecule has 1 rings (SSSR count). The number of primary amides is 1. The normalized spacial score (nSPS) is 12.0. The predicted octanol–water partition coefficient (Wildman–Crippen LogP) is 2.06. The Bertz CT molecular complexity index is 458. The fraction of sp³-hybridized carbons (Fsp3) is 0.429. The molecule has 0 aliphatic heterocycles. The Kier molecular flexibility index (Phi) is 4.48. The Morgan fingerprint density at radius 1 is 1.22 bits per heavy atom. The van der Waals surface area contributed by atoms with E-state index in [1.807, 2.05) is 32.9 Å². The maximum Gasteiger partial charge on any atom is 0.227 e. The molecule has 4 nitrogen and oxygen atoms in total. The maximum atomic E-state index is 11.9. The van der Waals surface area contributed by atoms with Crippen LogP contribution in [0.4, 0.5) is 5.69 Å². The van der Waals surface area contributed by atoms with Gasteiger partial charge in [0.2, 0.25) is 11.8 Å². The zero-order chi connectivity index (χ0) is 13.9. The van der Waals surface area contributed by atoms with Gasteiger partial charge in [-0.2, -0.15) is 0 Å². The van der Waals surface area contributed by atoms with Crippen molar-refractivity contribution in [3.05, 3.63) is 28.8 Å². The molecule has 1 aromatic carbocycles. The van der Waals surface area contributed by atoms with Gasteiger partial charge in [0.15, 0.2) is 0 Å². The summed E-state index contributed by atoms with van der Waals surface area (Å²) < 4.78 is 0. The molecule has 1 unspecified atom stereocenters. The summed E-state index contributed by atoms with van der Waals surface area (Å²) >= 11 is 0. The highest BCUT2D eigenvalue weighted by molar-refractivity contribution is 5.95. The van der Waals surface area contributed by atoms with Crippen LogP contribution in [0.2, 0.25) is 0 Å². The van der Waals surface area contributed by atoms with E-state index in [2.05, 4.69) is 5.32 Å². The molecule has 0 aromatic heterocycles. The smallest absolute Gasteiger partial charge is 0.227 e. The van der Waals surface area contributed by atoms with Crippen LogP contribution in [0.5, 0.6) is 0 Å². The zero-order valence-corrected chi connectivity index (χ0v) is 11.3. The van der Waals surface area contributed by atoms with Crippen LogP contribution in [-0.4, -0.2) is 11.8 Å². The largest absolute Gasteiger partial charge is 0.370 e. The number of carbonyl (C=O) groups is 2. The van der Waals surface area contributed by atoms with Crippen molar-refractivity contribution in [1.82, 2.24) is 0 Å². The molecule has 2 amide bonds. The minimum Gasteiger partial charge on any atom is -0.370 e. The number of amides is 2. The Balaban J connectivity index is 2.85. The number of aryl methyl sites for hydroxylation is 3. The molecule has 0 saturated heterocycles. The minimum atomic E-state index is -0.463. The second-order valence-corrected chi connectivity index (χ2v) is 4.83. The summed E-state index contributed by atoms with van der Waals surface area (Å²) in [6.45, 7) is 7.61. The molecule has 18 heavy (non-hydrogen) atoms. The van der Waals surface area contributed by atoms with E-state index in [0.717, 1.165) is 22.4 Å². The van der Waals surface area contributed by atoms with E-state index in [1.54, 1.807) is 6.92 Å². The van der Waals surface area contributed by atoms with Gasteiger partial charge >= 0.3 is 0 Å². The monoisotopic (exact) mass is 248 g/mol. The molecule has 0 bridgehead atoms. The summed E-state index contributed by atoms with van der Waals surface area (Å²) in [5, 5.41) is 2.86. The maximum absolute atomic E-state index is 11.9. The SMILES string of the molecule is Cc1cc(C)c(NC(=O)C(C)CC(N)=O)c(C)c1. The molecule has 0 saturated carbocycles. The first-order chi connectivity index (χ1) is 8.31. The third-order valence-corrected chi connectivity index (χ3v) is 2.88. The van der Waals surface area contributed by atoms with Crippen molar-refractivity contribution in [3.8, 4) is 0 Å². The van der Waals surface area contributed by atoms with Crippen molar-refractivity contribution in [1.29, 1.82) is 0 Å². The van der Waals surface area contributed by atoms with Gasteiger partial charge < -0.3 is 11.1 Å². The summed E-state index contributed by atoms with van der Waals surface area (Å²) in [6, 6.07) is 4.03. The highest BCUT2D eigenvalue weighted by Gasteiger charge is 2.17. The van der Waals surface area contributed by atoms with Crippen LogP contribution in [0.1, 0.15) is 30.0 Å². The first-order valence-electron chi connectivity index (χ1n) is 5.98. The Labute approximate surface area is 108 Å². The van der Waals surface area contributed by atoms with Crippen molar-refractivity contribution in [2.45, 2.75) is 34.1 Å². The lowest BCUT2D eigenvalue weighted by Crippen LogP contribution is -2.26. The van der Waals surface area contributed by atoms with E-state index in [-0.39, 0.29) is 12.3 Å². The molecule has 0 aliphatic rings. The summed E-state index contributed by atoms with van der Waals surface area (Å²) in [7, 11) is 0. The van der Waals surface area contributed by atoms with Crippen molar-refractivity contribution < 1.29 is 9.59 Å². The lowest BCUT2D eigenvalue weighted by molar-refractivity contribution is -0.125. The number of nitrogens with one attached hydrogen (secondary N) is 1. The molecule has 1 aromatic rings. The van der Waals surface area contributed by atoms with Gasteiger partial charge in [-0.25, -0.2) is 0 Å². The van der Waals surface area contributed by atoms with Gasteiger partial charge in [-0.05, 0) is 31.9 Å². The molecule has 98 valence electrons. The van der Waals surface area contributed by atoms with Gasteiger partial charge in [0.05, 0.1) is 0 Å². The average Bonchev–Trinajstić information content (AvgIpc) is 2.21. The van der Waals surface area contributed by atoms with Crippen molar-refractivity contribution in [3.63, 3.8) is 0 Å². The summed E-state index contributed by atoms with van der Waals surface area (Å²) in [4.78, 5) is 22.7. The van der Waals surface area contributed by atoms with Crippen molar-refractivity contribution in [2.75, 3.05) is 5.32 Å². The van der Waals surface area contributed by atoms with Gasteiger partial charge in [-0.3, -0.25) is 9.59 Å². The van der Waals surface area contributed by atoms with Crippen LogP contribution in [0, 0.1) is 26.7 Å². The number of nitrogens with two attached hydrogens (primary N) is 1. The van der Waals surface area contributed by atoms with Crippen molar-refractivity contribution >= 4 is 17.5 Å². The van der Waals surface area contributed by atoms with E-state index in [0.29, 0.717) is 0 Å². The van der Waals surface area contributed by atoms with Crippen LogP contribution < -0.4 is 11.1 Å². The fourth-order valence-corrected chi connectivity index (χ4v) is 2.02. The number of hydrogen-bond acceptors (Lipinski definition) is 2. The van der Waals surface area contributed by atoms with E-state index in [4.69, 9.17) is 5.73 Å². The van der Waals surface area contributed by atoms with Crippen LogP contribution in [-0.2, 0) is 9.59 Å². The molecule has 0 spiro atoms. The molecule has 0 aliphatic carbocycles. The van der Waals surface area contributed by atoms with Gasteiger partial charge in [-0.1, -0.05) is 24.6 Å². The first-order valence-corrected chi connectivity index (χ1v) is 5.98. The number of hydrogen-bond donors (Lipinski definition) is 2.